The summed E-state index contributed by atoms with van der Waals surface area (Å²) in [6.07, 6.45) is 3.41. The van der Waals surface area contributed by atoms with Gasteiger partial charge in [-0.15, -0.1) is 0 Å². The molecule has 1 aliphatic rings. The number of hydrogen-bond donors (Lipinski definition) is 2. The smallest absolute Gasteiger partial charge is 0.270 e. The Morgan fingerprint density at radius 1 is 1.16 bits per heavy atom. The number of H-pyrrole nitrogens is 1. The lowest BCUT2D eigenvalue weighted by Gasteiger charge is -2.31. The van der Waals surface area contributed by atoms with Crippen LogP contribution >= 0.6 is 0 Å². The molecule has 25 heavy (non-hydrogen) atoms. The second-order valence-electron chi connectivity index (χ2n) is 7.85. The van der Waals surface area contributed by atoms with Gasteiger partial charge in [-0.25, -0.2) is 0 Å². The van der Waals surface area contributed by atoms with Gasteiger partial charge in [-0.2, -0.15) is 0 Å². The van der Waals surface area contributed by atoms with Gasteiger partial charge in [0.1, 0.15) is 5.69 Å². The molecule has 2 heterocycles. The Labute approximate surface area is 151 Å². The Morgan fingerprint density at radius 2 is 1.80 bits per heavy atom. The fraction of sp³-hybridized carbons (Fsp3) is 0.700. The second-order valence-corrected chi connectivity index (χ2v) is 7.85. The van der Waals surface area contributed by atoms with Gasteiger partial charge in [0.2, 0.25) is 5.91 Å². The highest BCUT2D eigenvalue weighted by atomic mass is 16.2. The van der Waals surface area contributed by atoms with Crippen molar-refractivity contribution in [2.75, 3.05) is 19.6 Å². The van der Waals surface area contributed by atoms with E-state index in [1.54, 1.807) is 0 Å². The predicted octanol–water partition coefficient (Wildman–Crippen LogP) is 3.34. The monoisotopic (exact) mass is 347 g/mol. The van der Waals surface area contributed by atoms with Gasteiger partial charge in [0.25, 0.3) is 5.91 Å². The molecule has 0 bridgehead atoms. The summed E-state index contributed by atoms with van der Waals surface area (Å²) in [5, 5.41) is 3.01. The van der Waals surface area contributed by atoms with Gasteiger partial charge in [-0.1, -0.05) is 13.8 Å². The predicted molar refractivity (Wildman–Crippen MR) is 101 cm³/mol. The molecule has 5 heteroatoms. The van der Waals surface area contributed by atoms with Gasteiger partial charge in [0.15, 0.2) is 0 Å². The molecule has 1 fully saturated rings. The molecular formula is C20H33N3O2. The van der Waals surface area contributed by atoms with E-state index in [2.05, 4.69) is 24.1 Å². The van der Waals surface area contributed by atoms with Gasteiger partial charge >= 0.3 is 0 Å². The number of carbonyl (C=O) groups excluding carboxylic acids is 2. The van der Waals surface area contributed by atoms with Crippen molar-refractivity contribution in [1.82, 2.24) is 15.2 Å². The third-order valence-electron chi connectivity index (χ3n) is 5.45. The summed E-state index contributed by atoms with van der Waals surface area (Å²) in [5.41, 5.74) is 4.00. The molecule has 0 atom stereocenters. The molecule has 140 valence electrons. The van der Waals surface area contributed by atoms with Crippen LogP contribution in [0.25, 0.3) is 0 Å². The summed E-state index contributed by atoms with van der Waals surface area (Å²) in [5.74, 6) is 1.24. The molecule has 0 aliphatic carbocycles. The third-order valence-corrected chi connectivity index (χ3v) is 5.45. The largest absolute Gasteiger partial charge is 0.356 e. The maximum absolute atomic E-state index is 12.7. The van der Waals surface area contributed by atoms with Crippen LogP contribution in [-0.2, 0) is 4.79 Å². The van der Waals surface area contributed by atoms with E-state index in [9.17, 15) is 9.59 Å². The maximum atomic E-state index is 12.7. The molecule has 1 aromatic rings. The minimum absolute atomic E-state index is 0.0912. The van der Waals surface area contributed by atoms with Crippen molar-refractivity contribution in [3.05, 3.63) is 22.5 Å². The normalized spacial score (nSPS) is 15.7. The molecule has 5 nitrogen and oxygen atoms in total. The molecule has 2 rings (SSSR count). The fourth-order valence-electron chi connectivity index (χ4n) is 3.39. The summed E-state index contributed by atoms with van der Waals surface area (Å²) in [4.78, 5) is 29.9. The summed E-state index contributed by atoms with van der Waals surface area (Å²) in [7, 11) is 0. The average molecular weight is 348 g/mol. The molecule has 0 spiro atoms. The van der Waals surface area contributed by atoms with Crippen LogP contribution in [0.3, 0.4) is 0 Å². The first kappa shape index (κ1) is 19.5. The van der Waals surface area contributed by atoms with Crippen molar-refractivity contribution in [3.8, 4) is 0 Å². The molecule has 0 saturated carbocycles. The highest BCUT2D eigenvalue weighted by Gasteiger charge is 2.27. The summed E-state index contributed by atoms with van der Waals surface area (Å²) < 4.78 is 0. The number of aromatic nitrogens is 1. The zero-order chi connectivity index (χ0) is 18.6. The van der Waals surface area contributed by atoms with Crippen molar-refractivity contribution in [2.24, 2.45) is 11.8 Å². The van der Waals surface area contributed by atoms with E-state index in [1.807, 2.05) is 25.7 Å². The van der Waals surface area contributed by atoms with Gasteiger partial charge in [-0.05, 0) is 63.0 Å². The number of rotatable bonds is 6. The summed E-state index contributed by atoms with van der Waals surface area (Å²) >= 11 is 0. The Morgan fingerprint density at radius 3 is 2.32 bits per heavy atom. The van der Waals surface area contributed by atoms with Crippen molar-refractivity contribution in [3.63, 3.8) is 0 Å². The van der Waals surface area contributed by atoms with Crippen LogP contribution in [0.1, 0.15) is 66.8 Å². The van der Waals surface area contributed by atoms with Crippen LogP contribution in [0, 0.1) is 32.6 Å². The van der Waals surface area contributed by atoms with Crippen molar-refractivity contribution < 1.29 is 9.59 Å². The Hall–Kier alpha value is -1.78. The minimum atomic E-state index is 0.0912. The lowest BCUT2D eigenvalue weighted by Crippen LogP contribution is -2.40. The van der Waals surface area contributed by atoms with Crippen LogP contribution in [-0.4, -0.2) is 41.3 Å². The van der Waals surface area contributed by atoms with E-state index < -0.39 is 0 Å². The second kappa shape index (κ2) is 8.54. The Bertz CT molecular complexity index is 611. The highest BCUT2D eigenvalue weighted by Crippen LogP contribution is 2.24. The number of hydrogen-bond acceptors (Lipinski definition) is 2. The molecule has 0 aromatic carbocycles. The zero-order valence-electron chi connectivity index (χ0n) is 16.4. The fourth-order valence-corrected chi connectivity index (χ4v) is 3.39. The van der Waals surface area contributed by atoms with Crippen LogP contribution in [0.5, 0.6) is 0 Å². The molecule has 1 saturated heterocycles. The van der Waals surface area contributed by atoms with Gasteiger partial charge in [-0.3, -0.25) is 9.59 Å². The SMILES string of the molecule is Cc1[nH]c(C(=O)N2CCC(CC(=O)NCCC(C)C)CC2)c(C)c1C. The molecule has 2 amide bonds. The number of aryl methyl sites for hydroxylation is 1. The van der Waals surface area contributed by atoms with Crippen LogP contribution in [0.4, 0.5) is 0 Å². The van der Waals surface area contributed by atoms with E-state index in [4.69, 9.17) is 0 Å². The first-order valence-corrected chi connectivity index (χ1v) is 9.51. The zero-order valence-corrected chi connectivity index (χ0v) is 16.4. The van der Waals surface area contributed by atoms with Crippen LogP contribution < -0.4 is 5.32 Å². The standard InChI is InChI=1S/C20H33N3O2/c1-13(2)6-9-21-18(24)12-17-7-10-23(11-8-17)20(25)19-15(4)14(3)16(5)22-19/h13,17,22H,6-12H2,1-5H3,(H,21,24). The number of aromatic amines is 1. The third kappa shape index (κ3) is 5.10. The molecule has 0 unspecified atom stereocenters. The van der Waals surface area contributed by atoms with Gasteiger partial charge < -0.3 is 15.2 Å². The number of nitrogens with zero attached hydrogens (tertiary/aromatic N) is 1. The van der Waals surface area contributed by atoms with Crippen molar-refractivity contribution in [1.29, 1.82) is 0 Å². The summed E-state index contributed by atoms with van der Waals surface area (Å²) in [6, 6.07) is 0. The van der Waals surface area contributed by atoms with Crippen molar-refractivity contribution >= 4 is 11.8 Å². The van der Waals surface area contributed by atoms with Gasteiger partial charge in [0, 0.05) is 31.7 Å². The number of likely N-dealkylation sites (tertiary alicyclic amines) is 1. The number of nitrogens with one attached hydrogen (secondary N) is 2. The highest BCUT2D eigenvalue weighted by molar-refractivity contribution is 5.94. The first-order chi connectivity index (χ1) is 11.8. The number of amides is 2. The quantitative estimate of drug-likeness (QED) is 0.829. The van der Waals surface area contributed by atoms with E-state index in [0.29, 0.717) is 18.3 Å². The topological polar surface area (TPSA) is 65.2 Å². The minimum Gasteiger partial charge on any atom is -0.356 e. The molecule has 0 radical (unpaired) electrons. The maximum Gasteiger partial charge on any atom is 0.270 e. The molecule has 1 aromatic heterocycles. The average Bonchev–Trinajstić information content (AvgIpc) is 2.82. The van der Waals surface area contributed by atoms with Crippen LogP contribution in [0.2, 0.25) is 0 Å². The Balaban J connectivity index is 1.80. The number of carbonyl (C=O) groups is 2. The summed E-state index contributed by atoms with van der Waals surface area (Å²) in [6.45, 7) is 12.6. The van der Waals surface area contributed by atoms with Gasteiger partial charge in [0.05, 0.1) is 0 Å². The molecule has 2 N–H and O–H groups in total. The lowest BCUT2D eigenvalue weighted by atomic mass is 9.93. The Kier molecular flexibility index (Phi) is 6.68. The van der Waals surface area contributed by atoms with Crippen LogP contribution in [0.15, 0.2) is 0 Å². The van der Waals surface area contributed by atoms with E-state index in [0.717, 1.165) is 61.4 Å². The molecular weight excluding hydrogens is 314 g/mol. The molecule has 1 aliphatic heterocycles. The first-order valence-electron chi connectivity index (χ1n) is 9.51. The van der Waals surface area contributed by atoms with E-state index in [1.165, 1.54) is 0 Å². The lowest BCUT2D eigenvalue weighted by molar-refractivity contribution is -0.122. The van der Waals surface area contributed by atoms with Crippen molar-refractivity contribution in [2.45, 2.75) is 60.3 Å². The number of piperidine rings is 1. The van der Waals surface area contributed by atoms with E-state index in [-0.39, 0.29) is 11.8 Å². The van der Waals surface area contributed by atoms with E-state index >= 15 is 0 Å².